The molecule has 0 bridgehead atoms. The summed E-state index contributed by atoms with van der Waals surface area (Å²) in [7, 11) is 0. The number of hydrogen-bond donors (Lipinski definition) is 1. The molecule has 27 heavy (non-hydrogen) atoms. The molecule has 0 aliphatic heterocycles. The third-order valence-corrected chi connectivity index (χ3v) is 4.54. The predicted molar refractivity (Wildman–Crippen MR) is 108 cm³/mol. The van der Waals surface area contributed by atoms with Crippen LogP contribution in [0.3, 0.4) is 0 Å². The van der Waals surface area contributed by atoms with Crippen LogP contribution in [0, 0.1) is 0 Å². The monoisotopic (exact) mass is 401 g/mol. The van der Waals surface area contributed by atoms with Gasteiger partial charge >= 0.3 is 0 Å². The molecular weight excluding hydrogens is 385 g/mol. The van der Waals surface area contributed by atoms with E-state index in [-0.39, 0.29) is 5.91 Å². The number of aromatic nitrogens is 2. The van der Waals surface area contributed by atoms with Gasteiger partial charge in [0.15, 0.2) is 0 Å². The van der Waals surface area contributed by atoms with E-state index in [0.717, 1.165) is 0 Å². The van der Waals surface area contributed by atoms with Gasteiger partial charge in [0.1, 0.15) is 12.4 Å². The predicted octanol–water partition coefficient (Wildman–Crippen LogP) is 4.92. The van der Waals surface area contributed by atoms with Gasteiger partial charge in [-0.15, -0.1) is 0 Å². The molecule has 1 N–H and O–H groups in total. The molecule has 1 aromatic heterocycles. The van der Waals surface area contributed by atoms with Crippen molar-refractivity contribution < 1.29 is 9.53 Å². The molecule has 5 nitrogen and oxygen atoms in total. The van der Waals surface area contributed by atoms with Crippen molar-refractivity contribution in [2.24, 2.45) is 0 Å². The van der Waals surface area contributed by atoms with Crippen LogP contribution in [0.5, 0.6) is 5.75 Å². The van der Waals surface area contributed by atoms with Gasteiger partial charge in [-0.1, -0.05) is 47.5 Å². The van der Waals surface area contributed by atoms with Crippen molar-refractivity contribution in [1.29, 1.82) is 0 Å². The fourth-order valence-corrected chi connectivity index (χ4v) is 2.74. The zero-order valence-electron chi connectivity index (χ0n) is 14.3. The molecule has 2 aromatic carbocycles. The van der Waals surface area contributed by atoms with E-state index in [0.29, 0.717) is 40.2 Å². The van der Waals surface area contributed by atoms with Crippen LogP contribution in [0.1, 0.15) is 5.56 Å². The average molecular weight is 402 g/mol. The largest absolute Gasteiger partial charge is 0.490 e. The van der Waals surface area contributed by atoms with Crippen LogP contribution in [0.25, 0.3) is 6.08 Å². The second-order valence-electron chi connectivity index (χ2n) is 5.61. The lowest BCUT2D eigenvalue weighted by Crippen LogP contribution is -2.11. The summed E-state index contributed by atoms with van der Waals surface area (Å²) in [4.78, 5) is 16.2. The molecule has 1 amide bonds. The van der Waals surface area contributed by atoms with Gasteiger partial charge in [0, 0.05) is 18.5 Å². The number of imidazole rings is 1. The number of carbonyl (C=O) groups excluding carboxylic acids is 1. The molecule has 0 aliphatic carbocycles. The lowest BCUT2D eigenvalue weighted by Gasteiger charge is -2.12. The van der Waals surface area contributed by atoms with E-state index in [1.165, 1.54) is 6.08 Å². The Balaban J connectivity index is 1.62. The Bertz CT molecular complexity index is 940. The Morgan fingerprint density at radius 3 is 2.85 bits per heavy atom. The van der Waals surface area contributed by atoms with Crippen LogP contribution in [0.4, 0.5) is 5.69 Å². The number of amides is 1. The third-order valence-electron chi connectivity index (χ3n) is 3.71. The van der Waals surface area contributed by atoms with E-state index < -0.39 is 0 Å². The molecule has 138 valence electrons. The van der Waals surface area contributed by atoms with Crippen LogP contribution in [-0.4, -0.2) is 22.1 Å². The molecule has 0 aliphatic rings. The Hall–Kier alpha value is -2.76. The number of para-hydroxylation sites is 2. The topological polar surface area (TPSA) is 56.1 Å². The van der Waals surface area contributed by atoms with Gasteiger partial charge in [-0.05, 0) is 29.8 Å². The Kier molecular flexibility index (Phi) is 6.52. The SMILES string of the molecule is O=C(/C=C/c1cccc(Cl)c1Cl)Nc1ccccc1OCCn1ccnc1. The minimum absolute atomic E-state index is 0.295. The minimum Gasteiger partial charge on any atom is -0.490 e. The molecule has 7 heteroatoms. The zero-order valence-corrected chi connectivity index (χ0v) is 15.8. The Morgan fingerprint density at radius 2 is 2.04 bits per heavy atom. The highest BCUT2D eigenvalue weighted by molar-refractivity contribution is 6.42. The lowest BCUT2D eigenvalue weighted by molar-refractivity contribution is -0.111. The maximum Gasteiger partial charge on any atom is 0.248 e. The van der Waals surface area contributed by atoms with Gasteiger partial charge in [-0.25, -0.2) is 4.98 Å². The average Bonchev–Trinajstić information content (AvgIpc) is 3.18. The number of anilines is 1. The van der Waals surface area contributed by atoms with Gasteiger partial charge in [0.25, 0.3) is 0 Å². The van der Waals surface area contributed by atoms with Gasteiger partial charge in [0.05, 0.1) is 28.6 Å². The van der Waals surface area contributed by atoms with Crippen molar-refractivity contribution >= 4 is 40.9 Å². The molecule has 0 radical (unpaired) electrons. The van der Waals surface area contributed by atoms with E-state index in [9.17, 15) is 4.79 Å². The molecule has 1 heterocycles. The maximum absolute atomic E-state index is 12.3. The van der Waals surface area contributed by atoms with Crippen LogP contribution < -0.4 is 10.1 Å². The van der Waals surface area contributed by atoms with Gasteiger partial charge in [-0.3, -0.25) is 4.79 Å². The van der Waals surface area contributed by atoms with Crippen molar-refractivity contribution in [2.45, 2.75) is 6.54 Å². The smallest absolute Gasteiger partial charge is 0.248 e. The van der Waals surface area contributed by atoms with Crippen molar-refractivity contribution in [1.82, 2.24) is 9.55 Å². The molecule has 3 rings (SSSR count). The molecule has 0 fully saturated rings. The molecule has 0 saturated heterocycles. The normalized spacial score (nSPS) is 10.9. The molecule has 0 spiro atoms. The molecule has 0 atom stereocenters. The first-order valence-electron chi connectivity index (χ1n) is 8.24. The highest BCUT2D eigenvalue weighted by atomic mass is 35.5. The summed E-state index contributed by atoms with van der Waals surface area (Å²) in [5, 5.41) is 3.66. The fraction of sp³-hybridized carbons (Fsp3) is 0.100. The second kappa shape index (κ2) is 9.26. The number of rotatable bonds is 7. The van der Waals surface area contributed by atoms with Crippen LogP contribution in [0.2, 0.25) is 10.0 Å². The minimum atomic E-state index is -0.295. The summed E-state index contributed by atoms with van der Waals surface area (Å²) in [5.41, 5.74) is 1.26. The third kappa shape index (κ3) is 5.36. The maximum atomic E-state index is 12.3. The Morgan fingerprint density at radius 1 is 1.19 bits per heavy atom. The standard InChI is InChI=1S/C20H17Cl2N3O2/c21-16-5-3-4-15(20(16)22)8-9-19(26)24-17-6-1-2-7-18(17)27-13-12-25-11-10-23-14-25/h1-11,14H,12-13H2,(H,24,26)/b9-8+. The number of carbonyl (C=O) groups is 1. The van der Waals surface area contributed by atoms with Crippen LogP contribution in [0.15, 0.2) is 67.3 Å². The fourth-order valence-electron chi connectivity index (χ4n) is 2.36. The van der Waals surface area contributed by atoms with E-state index in [2.05, 4.69) is 10.3 Å². The molecule has 0 unspecified atom stereocenters. The van der Waals surface area contributed by atoms with Gasteiger partial charge in [0.2, 0.25) is 5.91 Å². The molecular formula is C20H17Cl2N3O2. The first kappa shape index (κ1) is 19.0. The van der Waals surface area contributed by atoms with Gasteiger partial charge < -0.3 is 14.6 Å². The van der Waals surface area contributed by atoms with E-state index in [1.54, 1.807) is 48.9 Å². The highest BCUT2D eigenvalue weighted by Gasteiger charge is 2.06. The summed E-state index contributed by atoms with van der Waals surface area (Å²) in [6.45, 7) is 1.12. The van der Waals surface area contributed by atoms with Crippen molar-refractivity contribution in [3.63, 3.8) is 0 Å². The number of halogens is 2. The highest BCUT2D eigenvalue weighted by Crippen LogP contribution is 2.27. The van der Waals surface area contributed by atoms with Crippen molar-refractivity contribution in [2.75, 3.05) is 11.9 Å². The zero-order chi connectivity index (χ0) is 19.1. The summed E-state index contributed by atoms with van der Waals surface area (Å²) in [5.74, 6) is 0.303. The Labute approximate surface area is 167 Å². The van der Waals surface area contributed by atoms with Crippen LogP contribution >= 0.6 is 23.2 Å². The quantitative estimate of drug-likeness (QED) is 0.571. The summed E-state index contributed by atoms with van der Waals surface area (Å²) in [6.07, 6.45) is 8.32. The second-order valence-corrected chi connectivity index (χ2v) is 6.40. The van der Waals surface area contributed by atoms with Crippen LogP contribution in [-0.2, 0) is 11.3 Å². The van der Waals surface area contributed by atoms with Crippen molar-refractivity contribution in [3.8, 4) is 5.75 Å². The summed E-state index contributed by atoms with van der Waals surface area (Å²) in [6, 6.07) is 12.5. The molecule has 0 saturated carbocycles. The summed E-state index contributed by atoms with van der Waals surface area (Å²) < 4.78 is 7.70. The van der Waals surface area contributed by atoms with E-state index >= 15 is 0 Å². The number of nitrogens with zero attached hydrogens (tertiary/aromatic N) is 2. The number of benzene rings is 2. The first-order valence-corrected chi connectivity index (χ1v) is 9.00. The molecule has 3 aromatic rings. The number of hydrogen-bond acceptors (Lipinski definition) is 3. The lowest BCUT2D eigenvalue weighted by atomic mass is 10.2. The number of nitrogens with one attached hydrogen (secondary N) is 1. The summed E-state index contributed by atoms with van der Waals surface area (Å²) >= 11 is 12.1. The van der Waals surface area contributed by atoms with Crippen molar-refractivity contribution in [3.05, 3.63) is 82.9 Å². The number of ether oxygens (including phenoxy) is 1. The van der Waals surface area contributed by atoms with Gasteiger partial charge in [-0.2, -0.15) is 0 Å². The van der Waals surface area contributed by atoms with E-state index in [4.69, 9.17) is 27.9 Å². The first-order chi connectivity index (χ1) is 13.1. The van der Waals surface area contributed by atoms with E-state index in [1.807, 2.05) is 22.9 Å².